The number of hydrazone groups is 1. The number of carbonyl (C=O) groups is 1. The Morgan fingerprint density at radius 2 is 1.91 bits per heavy atom. The zero-order valence-corrected chi connectivity index (χ0v) is 12.2. The summed E-state index contributed by atoms with van der Waals surface area (Å²) >= 11 is 0. The molecule has 116 valence electrons. The maximum Gasteiger partial charge on any atom is 0.231 e. The highest BCUT2D eigenvalue weighted by Gasteiger charge is 2.29. The minimum atomic E-state index is -0.175. The summed E-state index contributed by atoms with van der Waals surface area (Å²) in [6.07, 6.45) is 1.33. The second-order valence-corrected chi connectivity index (χ2v) is 5.41. The molecule has 0 radical (unpaired) electrons. The topological polar surface area (TPSA) is 71.4 Å². The number of aromatic hydroxyl groups is 1. The largest absolute Gasteiger partial charge is 0.508 e. The van der Waals surface area contributed by atoms with Crippen molar-refractivity contribution in [2.45, 2.75) is 12.5 Å². The molecule has 0 aliphatic carbocycles. The number of ether oxygens (including phenoxy) is 2. The van der Waals surface area contributed by atoms with E-state index in [0.717, 1.165) is 23.2 Å². The molecule has 2 aromatic carbocycles. The molecule has 2 aromatic rings. The van der Waals surface area contributed by atoms with Gasteiger partial charge in [-0.05, 0) is 47.5 Å². The molecule has 6 nitrogen and oxygen atoms in total. The maximum absolute atomic E-state index is 11.4. The van der Waals surface area contributed by atoms with Gasteiger partial charge in [-0.2, -0.15) is 5.10 Å². The summed E-state index contributed by atoms with van der Waals surface area (Å²) < 4.78 is 10.7. The van der Waals surface area contributed by atoms with Crippen molar-refractivity contribution in [3.63, 3.8) is 0 Å². The van der Waals surface area contributed by atoms with E-state index in [-0.39, 0.29) is 18.6 Å². The predicted octanol–water partition coefficient (Wildman–Crippen LogP) is 2.43. The van der Waals surface area contributed by atoms with Crippen LogP contribution in [0.1, 0.15) is 23.6 Å². The number of hydrogen-bond acceptors (Lipinski definition) is 5. The van der Waals surface area contributed by atoms with Crippen LogP contribution in [-0.2, 0) is 4.79 Å². The SMILES string of the molecule is O=CN1N=C(c2ccc(O)cc2)C[C@H]1c1ccc2c(c1)OCO2. The first-order valence-corrected chi connectivity index (χ1v) is 7.24. The van der Waals surface area contributed by atoms with Crippen molar-refractivity contribution in [2.75, 3.05) is 6.79 Å². The van der Waals surface area contributed by atoms with E-state index in [1.165, 1.54) is 5.01 Å². The molecule has 23 heavy (non-hydrogen) atoms. The van der Waals surface area contributed by atoms with Crippen LogP contribution in [-0.4, -0.2) is 29.0 Å². The first-order valence-electron chi connectivity index (χ1n) is 7.24. The number of nitrogens with zero attached hydrogens (tertiary/aromatic N) is 2. The van der Waals surface area contributed by atoms with Crippen LogP contribution in [0.3, 0.4) is 0 Å². The summed E-state index contributed by atoms with van der Waals surface area (Å²) in [4.78, 5) is 11.4. The number of carbonyl (C=O) groups excluding carboxylic acids is 1. The third-order valence-corrected chi connectivity index (χ3v) is 4.03. The molecule has 0 bridgehead atoms. The average molecular weight is 310 g/mol. The first-order chi connectivity index (χ1) is 11.2. The number of rotatable bonds is 3. The van der Waals surface area contributed by atoms with E-state index in [1.807, 2.05) is 18.2 Å². The fourth-order valence-corrected chi connectivity index (χ4v) is 2.84. The van der Waals surface area contributed by atoms with Crippen LogP contribution in [0.15, 0.2) is 47.6 Å². The number of phenolic OH excluding ortho intramolecular Hbond substituents is 1. The third kappa shape index (κ3) is 2.38. The number of hydrogen-bond donors (Lipinski definition) is 1. The summed E-state index contributed by atoms with van der Waals surface area (Å²) in [5.41, 5.74) is 2.64. The molecular formula is C17H14N2O4. The monoisotopic (exact) mass is 310 g/mol. The Morgan fingerprint density at radius 3 is 2.70 bits per heavy atom. The number of amides is 1. The lowest BCUT2D eigenvalue weighted by Crippen LogP contribution is -2.17. The van der Waals surface area contributed by atoms with Crippen LogP contribution in [0.2, 0.25) is 0 Å². The molecule has 2 heterocycles. The van der Waals surface area contributed by atoms with Gasteiger partial charge in [0.1, 0.15) is 5.75 Å². The van der Waals surface area contributed by atoms with Crippen molar-refractivity contribution in [2.24, 2.45) is 5.10 Å². The van der Waals surface area contributed by atoms with E-state index < -0.39 is 0 Å². The maximum atomic E-state index is 11.4. The van der Waals surface area contributed by atoms with E-state index >= 15 is 0 Å². The minimum absolute atomic E-state index is 0.175. The highest BCUT2D eigenvalue weighted by atomic mass is 16.7. The quantitative estimate of drug-likeness (QED) is 0.884. The fraction of sp³-hybridized carbons (Fsp3) is 0.176. The summed E-state index contributed by atoms with van der Waals surface area (Å²) in [6.45, 7) is 0.218. The lowest BCUT2D eigenvalue weighted by atomic mass is 9.98. The van der Waals surface area contributed by atoms with Gasteiger partial charge in [-0.15, -0.1) is 0 Å². The van der Waals surface area contributed by atoms with Gasteiger partial charge in [-0.3, -0.25) is 4.79 Å². The molecule has 0 saturated heterocycles. The van der Waals surface area contributed by atoms with Gasteiger partial charge in [0.05, 0.1) is 11.8 Å². The Bertz CT molecular complexity index is 786. The van der Waals surface area contributed by atoms with Gasteiger partial charge in [-0.25, -0.2) is 5.01 Å². The van der Waals surface area contributed by atoms with Crippen LogP contribution >= 0.6 is 0 Å². The molecule has 6 heteroatoms. The van der Waals surface area contributed by atoms with Crippen molar-refractivity contribution >= 4 is 12.1 Å². The summed E-state index contributed by atoms with van der Waals surface area (Å²) in [5, 5.41) is 15.2. The molecule has 4 rings (SSSR count). The predicted molar refractivity (Wildman–Crippen MR) is 82.5 cm³/mol. The lowest BCUT2D eigenvalue weighted by Gasteiger charge is -2.17. The van der Waals surface area contributed by atoms with E-state index in [1.54, 1.807) is 24.3 Å². The lowest BCUT2D eigenvalue weighted by molar-refractivity contribution is -0.119. The van der Waals surface area contributed by atoms with Crippen molar-refractivity contribution in [3.05, 3.63) is 53.6 Å². The van der Waals surface area contributed by atoms with Gasteiger partial charge in [0, 0.05) is 6.42 Å². The molecule has 2 aliphatic rings. The first kappa shape index (κ1) is 13.6. The summed E-state index contributed by atoms with van der Waals surface area (Å²) in [5.74, 6) is 1.60. The zero-order valence-electron chi connectivity index (χ0n) is 12.2. The summed E-state index contributed by atoms with van der Waals surface area (Å²) in [7, 11) is 0. The Balaban J connectivity index is 1.63. The summed E-state index contributed by atoms with van der Waals surface area (Å²) in [6, 6.07) is 12.3. The second-order valence-electron chi connectivity index (χ2n) is 5.41. The smallest absolute Gasteiger partial charge is 0.231 e. The van der Waals surface area contributed by atoms with Crippen molar-refractivity contribution in [3.8, 4) is 17.2 Å². The van der Waals surface area contributed by atoms with E-state index in [4.69, 9.17) is 9.47 Å². The molecule has 1 N–H and O–H groups in total. The molecule has 0 fully saturated rings. The zero-order chi connectivity index (χ0) is 15.8. The Hall–Kier alpha value is -3.02. The Kier molecular flexibility index (Phi) is 3.15. The van der Waals surface area contributed by atoms with Gasteiger partial charge in [0.2, 0.25) is 13.2 Å². The van der Waals surface area contributed by atoms with Gasteiger partial charge in [0.15, 0.2) is 11.5 Å². The molecular weight excluding hydrogens is 296 g/mol. The van der Waals surface area contributed by atoms with Crippen LogP contribution in [0, 0.1) is 0 Å². The van der Waals surface area contributed by atoms with Gasteiger partial charge in [0.25, 0.3) is 0 Å². The van der Waals surface area contributed by atoms with Gasteiger partial charge >= 0.3 is 0 Å². The third-order valence-electron chi connectivity index (χ3n) is 4.03. The van der Waals surface area contributed by atoms with Gasteiger partial charge in [-0.1, -0.05) is 6.07 Å². The molecule has 2 aliphatic heterocycles. The fourth-order valence-electron chi connectivity index (χ4n) is 2.84. The van der Waals surface area contributed by atoms with Crippen molar-refractivity contribution < 1.29 is 19.4 Å². The van der Waals surface area contributed by atoms with Crippen LogP contribution in [0.4, 0.5) is 0 Å². The standard InChI is InChI=1S/C17H14N2O4/c20-9-19-15(12-3-6-16-17(7-12)23-10-22-16)8-14(18-19)11-1-4-13(21)5-2-11/h1-7,9,15,21H,8,10H2/t15-/m0/s1. The van der Waals surface area contributed by atoms with Crippen LogP contribution in [0.5, 0.6) is 17.2 Å². The van der Waals surface area contributed by atoms with Crippen LogP contribution < -0.4 is 9.47 Å². The molecule has 0 aromatic heterocycles. The Labute approximate surface area is 132 Å². The highest BCUT2D eigenvalue weighted by molar-refractivity contribution is 6.02. The molecule has 1 amide bonds. The van der Waals surface area contributed by atoms with Crippen LogP contribution in [0.25, 0.3) is 0 Å². The highest BCUT2D eigenvalue weighted by Crippen LogP contribution is 2.38. The van der Waals surface area contributed by atoms with Gasteiger partial charge < -0.3 is 14.6 Å². The Morgan fingerprint density at radius 1 is 1.13 bits per heavy atom. The van der Waals surface area contributed by atoms with E-state index in [0.29, 0.717) is 17.9 Å². The molecule has 1 atom stereocenters. The van der Waals surface area contributed by atoms with E-state index in [2.05, 4.69) is 5.10 Å². The number of fused-ring (bicyclic) bond motifs is 1. The van der Waals surface area contributed by atoms with E-state index in [9.17, 15) is 9.90 Å². The van der Waals surface area contributed by atoms with Crippen molar-refractivity contribution in [1.82, 2.24) is 5.01 Å². The normalized spacial score (nSPS) is 18.9. The average Bonchev–Trinajstić information content (AvgIpc) is 3.21. The second kappa shape index (κ2) is 5.31. The number of benzene rings is 2. The molecule has 0 saturated carbocycles. The molecule has 0 unspecified atom stereocenters. The minimum Gasteiger partial charge on any atom is -0.508 e. The molecule has 0 spiro atoms. The van der Waals surface area contributed by atoms with Crippen molar-refractivity contribution in [1.29, 1.82) is 0 Å². The number of phenols is 1.